The minimum Gasteiger partial charge on any atom is -0.504 e. The maximum absolute atomic E-state index is 12.6. The molecular formula is C8H7FO3. The van der Waals surface area contributed by atoms with Crippen molar-refractivity contribution >= 4 is 5.78 Å². The van der Waals surface area contributed by atoms with Crippen LogP contribution in [-0.2, 0) is 0 Å². The second-order valence-corrected chi connectivity index (χ2v) is 2.38. The highest BCUT2D eigenvalue weighted by Crippen LogP contribution is 2.28. The summed E-state index contributed by atoms with van der Waals surface area (Å²) in [6, 6.07) is 1.89. The van der Waals surface area contributed by atoms with E-state index >= 15 is 0 Å². The summed E-state index contributed by atoms with van der Waals surface area (Å²) in [6.07, 6.45) is 0. The molecule has 12 heavy (non-hydrogen) atoms. The number of aromatic hydroxyl groups is 2. The third kappa shape index (κ3) is 1.37. The number of benzene rings is 1. The lowest BCUT2D eigenvalue weighted by molar-refractivity contribution is 0.101. The van der Waals surface area contributed by atoms with Gasteiger partial charge in [0, 0.05) is 5.56 Å². The number of hydrogen-bond acceptors (Lipinski definition) is 3. The van der Waals surface area contributed by atoms with Gasteiger partial charge in [-0.15, -0.1) is 0 Å². The van der Waals surface area contributed by atoms with E-state index in [1.54, 1.807) is 0 Å². The fourth-order valence-electron chi connectivity index (χ4n) is 0.788. The first-order chi connectivity index (χ1) is 5.52. The van der Waals surface area contributed by atoms with Crippen molar-refractivity contribution in [1.82, 2.24) is 0 Å². The molecule has 0 aliphatic rings. The van der Waals surface area contributed by atoms with Gasteiger partial charge in [-0.25, -0.2) is 4.39 Å². The van der Waals surface area contributed by atoms with E-state index < -0.39 is 17.3 Å². The summed E-state index contributed by atoms with van der Waals surface area (Å²) >= 11 is 0. The number of halogens is 1. The molecule has 2 N–H and O–H groups in total. The number of ketones is 1. The molecule has 0 atom stereocenters. The normalized spacial score (nSPS) is 9.83. The van der Waals surface area contributed by atoms with Gasteiger partial charge in [0.25, 0.3) is 0 Å². The van der Waals surface area contributed by atoms with Gasteiger partial charge in [-0.05, 0) is 19.1 Å². The van der Waals surface area contributed by atoms with Gasteiger partial charge in [-0.2, -0.15) is 0 Å². The van der Waals surface area contributed by atoms with Crippen LogP contribution in [0.2, 0.25) is 0 Å². The number of hydrogen-bond donors (Lipinski definition) is 2. The molecular weight excluding hydrogens is 163 g/mol. The van der Waals surface area contributed by atoms with Crippen LogP contribution in [0, 0.1) is 5.82 Å². The SMILES string of the molecule is CC(=O)c1cc(O)c(O)c(F)c1. The van der Waals surface area contributed by atoms with E-state index in [1.165, 1.54) is 6.92 Å². The largest absolute Gasteiger partial charge is 0.504 e. The minimum atomic E-state index is -1.000. The van der Waals surface area contributed by atoms with E-state index in [0.29, 0.717) is 0 Å². The molecule has 0 aliphatic heterocycles. The number of carbonyl (C=O) groups excluding carboxylic acids is 1. The molecule has 1 rings (SSSR count). The molecule has 0 amide bonds. The summed E-state index contributed by atoms with van der Waals surface area (Å²) in [5, 5.41) is 17.7. The summed E-state index contributed by atoms with van der Waals surface area (Å²) in [4.78, 5) is 10.7. The Morgan fingerprint density at radius 2 is 2.00 bits per heavy atom. The van der Waals surface area contributed by atoms with Crippen LogP contribution in [0.3, 0.4) is 0 Å². The van der Waals surface area contributed by atoms with E-state index in [4.69, 9.17) is 10.2 Å². The van der Waals surface area contributed by atoms with Crippen molar-refractivity contribution in [3.05, 3.63) is 23.5 Å². The second-order valence-electron chi connectivity index (χ2n) is 2.38. The van der Waals surface area contributed by atoms with E-state index in [-0.39, 0.29) is 11.3 Å². The maximum atomic E-state index is 12.6. The second kappa shape index (κ2) is 2.81. The molecule has 0 fully saturated rings. The maximum Gasteiger partial charge on any atom is 0.194 e. The molecule has 1 aromatic carbocycles. The molecule has 0 heterocycles. The zero-order valence-electron chi connectivity index (χ0n) is 6.34. The van der Waals surface area contributed by atoms with Crippen molar-refractivity contribution in [2.24, 2.45) is 0 Å². The van der Waals surface area contributed by atoms with E-state index in [2.05, 4.69) is 0 Å². The van der Waals surface area contributed by atoms with Crippen LogP contribution in [0.15, 0.2) is 12.1 Å². The van der Waals surface area contributed by atoms with Gasteiger partial charge in [-0.1, -0.05) is 0 Å². The predicted molar refractivity (Wildman–Crippen MR) is 39.7 cm³/mol. The predicted octanol–water partition coefficient (Wildman–Crippen LogP) is 1.44. The summed E-state index contributed by atoms with van der Waals surface area (Å²) in [7, 11) is 0. The number of phenolic OH excluding ortho intramolecular Hbond substituents is 2. The standard InChI is InChI=1S/C8H7FO3/c1-4(10)5-2-6(9)8(12)7(11)3-5/h2-3,11-12H,1H3. The Morgan fingerprint density at radius 3 is 2.42 bits per heavy atom. The van der Waals surface area contributed by atoms with Crippen LogP contribution in [0.1, 0.15) is 17.3 Å². The zero-order chi connectivity index (χ0) is 9.30. The van der Waals surface area contributed by atoms with Gasteiger partial charge in [0.05, 0.1) is 0 Å². The molecule has 3 nitrogen and oxygen atoms in total. The van der Waals surface area contributed by atoms with Gasteiger partial charge in [0.2, 0.25) is 0 Å². The number of rotatable bonds is 1. The third-order valence-corrected chi connectivity index (χ3v) is 1.45. The fourth-order valence-corrected chi connectivity index (χ4v) is 0.788. The quantitative estimate of drug-likeness (QED) is 0.495. The minimum absolute atomic E-state index is 0.0304. The summed E-state index contributed by atoms with van der Waals surface area (Å²) < 4.78 is 12.6. The highest BCUT2D eigenvalue weighted by atomic mass is 19.1. The molecule has 0 unspecified atom stereocenters. The Balaban J connectivity index is 3.31. The first kappa shape index (κ1) is 8.52. The van der Waals surface area contributed by atoms with Gasteiger partial charge in [0.15, 0.2) is 23.1 Å². The topological polar surface area (TPSA) is 57.5 Å². The van der Waals surface area contributed by atoms with Crippen molar-refractivity contribution < 1.29 is 19.4 Å². The van der Waals surface area contributed by atoms with Crippen molar-refractivity contribution in [2.45, 2.75) is 6.92 Å². The zero-order valence-corrected chi connectivity index (χ0v) is 6.34. The van der Waals surface area contributed by atoms with Crippen LogP contribution in [0.25, 0.3) is 0 Å². The van der Waals surface area contributed by atoms with Gasteiger partial charge in [-0.3, -0.25) is 4.79 Å². The molecule has 0 saturated carbocycles. The molecule has 0 aliphatic carbocycles. The summed E-state index contributed by atoms with van der Waals surface area (Å²) in [6.45, 7) is 1.24. The lowest BCUT2D eigenvalue weighted by atomic mass is 10.1. The molecule has 0 saturated heterocycles. The van der Waals surface area contributed by atoms with Gasteiger partial charge >= 0.3 is 0 Å². The van der Waals surface area contributed by atoms with E-state index in [1.807, 2.05) is 0 Å². The molecule has 64 valence electrons. The van der Waals surface area contributed by atoms with Gasteiger partial charge in [0.1, 0.15) is 0 Å². The molecule has 0 spiro atoms. The van der Waals surface area contributed by atoms with Crippen LogP contribution < -0.4 is 0 Å². The molecule has 4 heteroatoms. The Bertz CT molecular complexity index is 310. The monoisotopic (exact) mass is 170 g/mol. The van der Waals surface area contributed by atoms with Crippen molar-refractivity contribution in [3.8, 4) is 11.5 Å². The molecule has 0 radical (unpaired) electrons. The fraction of sp³-hybridized carbons (Fsp3) is 0.125. The van der Waals surface area contributed by atoms with Crippen LogP contribution in [-0.4, -0.2) is 16.0 Å². The molecule has 1 aromatic rings. The average Bonchev–Trinajstić information content (AvgIpc) is 1.99. The van der Waals surface area contributed by atoms with Crippen LogP contribution in [0.5, 0.6) is 11.5 Å². The molecule has 0 aromatic heterocycles. The molecule has 0 bridgehead atoms. The average molecular weight is 170 g/mol. The first-order valence-corrected chi connectivity index (χ1v) is 3.25. The Hall–Kier alpha value is -1.58. The van der Waals surface area contributed by atoms with Crippen LogP contribution in [0.4, 0.5) is 4.39 Å². The smallest absolute Gasteiger partial charge is 0.194 e. The van der Waals surface area contributed by atoms with Crippen molar-refractivity contribution in [3.63, 3.8) is 0 Å². The highest BCUT2D eigenvalue weighted by Gasteiger charge is 2.10. The van der Waals surface area contributed by atoms with E-state index in [0.717, 1.165) is 12.1 Å². The van der Waals surface area contributed by atoms with Crippen molar-refractivity contribution in [2.75, 3.05) is 0 Å². The van der Waals surface area contributed by atoms with Crippen molar-refractivity contribution in [1.29, 1.82) is 0 Å². The lowest BCUT2D eigenvalue weighted by Crippen LogP contribution is -1.92. The third-order valence-electron chi connectivity index (χ3n) is 1.45. The summed E-state index contributed by atoms with van der Waals surface area (Å²) in [5.74, 6) is -2.83. The summed E-state index contributed by atoms with van der Waals surface area (Å²) in [5.41, 5.74) is 0.0304. The Kier molecular flexibility index (Phi) is 1.99. The lowest BCUT2D eigenvalue weighted by Gasteiger charge is -2.00. The number of phenols is 2. The Morgan fingerprint density at radius 1 is 1.42 bits per heavy atom. The van der Waals surface area contributed by atoms with Crippen LogP contribution >= 0.6 is 0 Å². The Labute approximate surface area is 68.1 Å². The van der Waals surface area contributed by atoms with Gasteiger partial charge < -0.3 is 10.2 Å². The highest BCUT2D eigenvalue weighted by molar-refractivity contribution is 5.94. The first-order valence-electron chi connectivity index (χ1n) is 3.25. The number of carbonyl (C=O) groups is 1. The number of Topliss-reactive ketones (excluding diaryl/α,β-unsaturated/α-hetero) is 1. The van der Waals surface area contributed by atoms with E-state index in [9.17, 15) is 9.18 Å².